The van der Waals surface area contributed by atoms with Crippen molar-refractivity contribution in [2.24, 2.45) is 0 Å². The lowest BCUT2D eigenvalue weighted by molar-refractivity contribution is -0.144. The van der Waals surface area contributed by atoms with Gasteiger partial charge < -0.3 is 20.1 Å². The van der Waals surface area contributed by atoms with Crippen molar-refractivity contribution >= 4 is 18.0 Å². The van der Waals surface area contributed by atoms with E-state index in [1.54, 1.807) is 6.92 Å². The molecule has 2 N–H and O–H groups in total. The van der Waals surface area contributed by atoms with Crippen molar-refractivity contribution in [1.82, 2.24) is 10.2 Å². The van der Waals surface area contributed by atoms with E-state index in [2.05, 4.69) is 5.32 Å². The van der Waals surface area contributed by atoms with E-state index in [1.807, 2.05) is 6.92 Å². The third-order valence-electron chi connectivity index (χ3n) is 3.24. The maximum Gasteiger partial charge on any atom is 0.325 e. The monoisotopic (exact) mass is 300 g/mol. The average Bonchev–Trinajstić information content (AvgIpc) is 3.19. The molecule has 1 aliphatic rings. The standard InChI is InChI=1S/C14H24N2O5/c1-3-5-10(8-12(17)18)15-14(20)16(11-6-7-11)9-13(19)21-4-2/h10-11H,3-9H2,1-2H3,(H,15,20)(H,17,18). The number of hydrogen-bond donors (Lipinski definition) is 2. The van der Waals surface area contributed by atoms with Crippen molar-refractivity contribution in [1.29, 1.82) is 0 Å². The first kappa shape index (κ1) is 17.3. The summed E-state index contributed by atoms with van der Waals surface area (Å²) < 4.78 is 4.86. The van der Waals surface area contributed by atoms with Gasteiger partial charge in [0, 0.05) is 12.1 Å². The molecule has 1 unspecified atom stereocenters. The Bertz CT molecular complexity index is 382. The van der Waals surface area contributed by atoms with Crippen molar-refractivity contribution in [3.63, 3.8) is 0 Å². The van der Waals surface area contributed by atoms with Crippen LogP contribution in [0.15, 0.2) is 0 Å². The molecule has 1 atom stereocenters. The topological polar surface area (TPSA) is 95.9 Å². The van der Waals surface area contributed by atoms with Crippen LogP contribution in [0.3, 0.4) is 0 Å². The molecular formula is C14H24N2O5. The van der Waals surface area contributed by atoms with Crippen LogP contribution in [0.25, 0.3) is 0 Å². The van der Waals surface area contributed by atoms with Crippen LogP contribution in [-0.4, -0.2) is 53.2 Å². The molecule has 120 valence electrons. The second kappa shape index (κ2) is 8.49. The Morgan fingerprint density at radius 3 is 2.48 bits per heavy atom. The van der Waals surface area contributed by atoms with E-state index in [0.717, 1.165) is 19.3 Å². The Morgan fingerprint density at radius 1 is 1.33 bits per heavy atom. The molecule has 0 aromatic rings. The Labute approximate surface area is 124 Å². The number of ether oxygens (including phenoxy) is 1. The van der Waals surface area contributed by atoms with Gasteiger partial charge in [0.05, 0.1) is 13.0 Å². The molecule has 1 fully saturated rings. The molecule has 7 nitrogen and oxygen atoms in total. The van der Waals surface area contributed by atoms with E-state index in [4.69, 9.17) is 9.84 Å². The number of aliphatic carboxylic acids is 1. The summed E-state index contributed by atoms with van der Waals surface area (Å²) in [5.74, 6) is -1.39. The number of carboxylic acids is 1. The first-order chi connectivity index (χ1) is 9.97. The average molecular weight is 300 g/mol. The van der Waals surface area contributed by atoms with Gasteiger partial charge in [0.25, 0.3) is 0 Å². The minimum absolute atomic E-state index is 0.0570. The molecule has 1 rings (SSSR count). The second-order valence-corrected chi connectivity index (χ2v) is 5.20. The van der Waals surface area contributed by atoms with Crippen LogP contribution in [0.1, 0.15) is 46.0 Å². The Hall–Kier alpha value is -1.79. The minimum atomic E-state index is -0.947. The fourth-order valence-corrected chi connectivity index (χ4v) is 2.14. The van der Waals surface area contributed by atoms with Crippen LogP contribution < -0.4 is 5.32 Å². The lowest BCUT2D eigenvalue weighted by atomic mass is 10.1. The summed E-state index contributed by atoms with van der Waals surface area (Å²) in [7, 11) is 0. The predicted molar refractivity (Wildman–Crippen MR) is 75.8 cm³/mol. The lowest BCUT2D eigenvalue weighted by Crippen LogP contribution is -2.48. The maximum absolute atomic E-state index is 12.2. The number of nitrogens with one attached hydrogen (secondary N) is 1. The molecule has 1 aliphatic carbocycles. The molecular weight excluding hydrogens is 276 g/mol. The third kappa shape index (κ3) is 6.46. The van der Waals surface area contributed by atoms with Gasteiger partial charge in [0.1, 0.15) is 6.54 Å². The summed E-state index contributed by atoms with van der Waals surface area (Å²) in [5, 5.41) is 11.6. The molecule has 0 saturated heterocycles. The van der Waals surface area contributed by atoms with Crippen LogP contribution in [0.4, 0.5) is 4.79 Å². The molecule has 0 radical (unpaired) electrons. The second-order valence-electron chi connectivity index (χ2n) is 5.20. The summed E-state index contributed by atoms with van der Waals surface area (Å²) in [6.07, 6.45) is 2.99. The van der Waals surface area contributed by atoms with Crippen molar-refractivity contribution < 1.29 is 24.2 Å². The SMILES string of the molecule is CCCC(CC(=O)O)NC(=O)N(CC(=O)OCC)C1CC1. The molecule has 0 aromatic carbocycles. The Morgan fingerprint density at radius 2 is 2.00 bits per heavy atom. The largest absolute Gasteiger partial charge is 0.481 e. The minimum Gasteiger partial charge on any atom is -0.481 e. The van der Waals surface area contributed by atoms with Gasteiger partial charge in [-0.1, -0.05) is 13.3 Å². The van der Waals surface area contributed by atoms with Gasteiger partial charge in [0.2, 0.25) is 0 Å². The number of nitrogens with zero attached hydrogens (tertiary/aromatic N) is 1. The lowest BCUT2D eigenvalue weighted by Gasteiger charge is -2.25. The highest BCUT2D eigenvalue weighted by molar-refractivity contribution is 5.82. The fraction of sp³-hybridized carbons (Fsp3) is 0.786. The molecule has 1 saturated carbocycles. The molecule has 0 aromatic heterocycles. The summed E-state index contributed by atoms with van der Waals surface area (Å²) in [5.41, 5.74) is 0. The fourth-order valence-electron chi connectivity index (χ4n) is 2.14. The van der Waals surface area contributed by atoms with E-state index in [-0.39, 0.29) is 31.6 Å². The van der Waals surface area contributed by atoms with Crippen LogP contribution in [0.5, 0.6) is 0 Å². The zero-order valence-corrected chi connectivity index (χ0v) is 12.6. The van der Waals surface area contributed by atoms with E-state index in [0.29, 0.717) is 6.42 Å². The van der Waals surface area contributed by atoms with Crippen LogP contribution in [-0.2, 0) is 14.3 Å². The quantitative estimate of drug-likeness (QED) is 0.627. The van der Waals surface area contributed by atoms with Crippen LogP contribution >= 0.6 is 0 Å². The normalized spacial score (nSPS) is 15.1. The zero-order chi connectivity index (χ0) is 15.8. The number of carbonyl (C=O) groups excluding carboxylic acids is 2. The van der Waals surface area contributed by atoms with Crippen molar-refractivity contribution in [2.75, 3.05) is 13.2 Å². The number of rotatable bonds is 9. The smallest absolute Gasteiger partial charge is 0.325 e. The number of hydrogen-bond acceptors (Lipinski definition) is 4. The summed E-state index contributed by atoms with van der Waals surface area (Å²) in [4.78, 5) is 36.0. The summed E-state index contributed by atoms with van der Waals surface area (Å²) in [6.45, 7) is 3.83. The first-order valence-corrected chi connectivity index (χ1v) is 7.42. The van der Waals surface area contributed by atoms with Gasteiger partial charge in [-0.25, -0.2) is 4.79 Å². The van der Waals surface area contributed by atoms with Crippen LogP contribution in [0, 0.1) is 0 Å². The van der Waals surface area contributed by atoms with E-state index >= 15 is 0 Å². The van der Waals surface area contributed by atoms with Gasteiger partial charge >= 0.3 is 18.0 Å². The summed E-state index contributed by atoms with van der Waals surface area (Å²) in [6, 6.07) is -0.741. The molecule has 0 spiro atoms. The van der Waals surface area contributed by atoms with Gasteiger partial charge in [-0.2, -0.15) is 0 Å². The Kier molecular flexibility index (Phi) is 6.98. The number of urea groups is 1. The highest BCUT2D eigenvalue weighted by atomic mass is 16.5. The third-order valence-corrected chi connectivity index (χ3v) is 3.24. The molecule has 2 amide bonds. The van der Waals surface area contributed by atoms with Crippen molar-refractivity contribution in [3.05, 3.63) is 0 Å². The van der Waals surface area contributed by atoms with E-state index in [9.17, 15) is 14.4 Å². The van der Waals surface area contributed by atoms with Crippen molar-refractivity contribution in [2.45, 2.75) is 58.0 Å². The number of carbonyl (C=O) groups is 3. The molecule has 0 aliphatic heterocycles. The van der Waals surface area contributed by atoms with Gasteiger partial charge in [-0.05, 0) is 26.2 Å². The van der Waals surface area contributed by atoms with Gasteiger partial charge in [-0.3, -0.25) is 9.59 Å². The summed E-state index contributed by atoms with van der Waals surface area (Å²) >= 11 is 0. The number of esters is 1. The van der Waals surface area contributed by atoms with E-state index in [1.165, 1.54) is 4.90 Å². The molecule has 21 heavy (non-hydrogen) atoms. The Balaban J connectivity index is 2.58. The molecule has 7 heteroatoms. The van der Waals surface area contributed by atoms with Gasteiger partial charge in [0.15, 0.2) is 0 Å². The van der Waals surface area contributed by atoms with Crippen LogP contribution in [0.2, 0.25) is 0 Å². The predicted octanol–water partition coefficient (Wildman–Crippen LogP) is 1.37. The van der Waals surface area contributed by atoms with Crippen molar-refractivity contribution in [3.8, 4) is 0 Å². The maximum atomic E-state index is 12.2. The number of amides is 2. The molecule has 0 heterocycles. The zero-order valence-electron chi connectivity index (χ0n) is 12.6. The number of carboxylic acid groups (broad SMARTS) is 1. The highest BCUT2D eigenvalue weighted by Gasteiger charge is 2.35. The van der Waals surface area contributed by atoms with Gasteiger partial charge in [-0.15, -0.1) is 0 Å². The first-order valence-electron chi connectivity index (χ1n) is 7.42. The highest BCUT2D eigenvalue weighted by Crippen LogP contribution is 2.26. The van der Waals surface area contributed by atoms with E-state index < -0.39 is 18.0 Å². The molecule has 0 bridgehead atoms.